The van der Waals surface area contributed by atoms with Gasteiger partial charge in [0, 0.05) is 18.9 Å². The first kappa shape index (κ1) is 12.0. The lowest BCUT2D eigenvalue weighted by molar-refractivity contribution is 0.128. The van der Waals surface area contributed by atoms with Gasteiger partial charge in [-0.15, -0.1) is 0 Å². The summed E-state index contributed by atoms with van der Waals surface area (Å²) in [4.78, 5) is 8.43. The van der Waals surface area contributed by atoms with Crippen molar-refractivity contribution in [1.82, 2.24) is 19.7 Å². The van der Waals surface area contributed by atoms with Gasteiger partial charge in [-0.2, -0.15) is 5.10 Å². The normalized spacial score (nSPS) is 10.8. The van der Waals surface area contributed by atoms with E-state index < -0.39 is 0 Å². The molecule has 0 radical (unpaired) electrons. The topological polar surface area (TPSA) is 52.8 Å². The summed E-state index contributed by atoms with van der Waals surface area (Å²) in [7, 11) is 0. The fraction of sp³-hybridized carbons (Fsp3) is 0.364. The second-order valence-corrected chi connectivity index (χ2v) is 3.89. The third-order valence-corrected chi connectivity index (χ3v) is 2.31. The average molecular weight is 253 g/mol. The molecule has 0 aliphatic rings. The molecule has 0 unspecified atom stereocenters. The number of hydrogen-bond acceptors (Lipinski definition) is 4. The van der Waals surface area contributed by atoms with Gasteiger partial charge < -0.3 is 4.74 Å². The summed E-state index contributed by atoms with van der Waals surface area (Å²) in [5.74, 6) is 1.20. The first-order valence-electron chi connectivity index (χ1n) is 5.33. The molecule has 0 saturated carbocycles. The SMILES string of the molecule is CCOCc1nc(Cl)cc(-n2ccc(C)n2)n1. The van der Waals surface area contributed by atoms with Gasteiger partial charge in [0.15, 0.2) is 11.6 Å². The molecule has 2 aromatic heterocycles. The Hall–Kier alpha value is -1.46. The molecule has 0 amide bonds. The van der Waals surface area contributed by atoms with Crippen molar-refractivity contribution >= 4 is 11.6 Å². The van der Waals surface area contributed by atoms with Gasteiger partial charge in [0.2, 0.25) is 0 Å². The lowest BCUT2D eigenvalue weighted by Crippen LogP contribution is -2.05. The maximum atomic E-state index is 5.94. The zero-order valence-corrected chi connectivity index (χ0v) is 10.5. The molecular weight excluding hydrogens is 240 g/mol. The average Bonchev–Trinajstić information content (AvgIpc) is 2.72. The molecule has 0 bridgehead atoms. The number of ether oxygens (including phenoxy) is 1. The molecular formula is C11H13ClN4O. The van der Waals surface area contributed by atoms with E-state index >= 15 is 0 Å². The van der Waals surface area contributed by atoms with Crippen LogP contribution in [0.3, 0.4) is 0 Å². The van der Waals surface area contributed by atoms with Crippen LogP contribution in [0.15, 0.2) is 18.3 Å². The molecule has 5 nitrogen and oxygen atoms in total. The van der Waals surface area contributed by atoms with Gasteiger partial charge >= 0.3 is 0 Å². The Morgan fingerprint density at radius 3 is 2.88 bits per heavy atom. The van der Waals surface area contributed by atoms with E-state index in [0.717, 1.165) is 5.69 Å². The molecule has 0 aromatic carbocycles. The van der Waals surface area contributed by atoms with E-state index in [1.165, 1.54) is 0 Å². The molecule has 0 atom stereocenters. The van der Waals surface area contributed by atoms with Crippen molar-refractivity contribution in [2.24, 2.45) is 0 Å². The first-order chi connectivity index (χ1) is 8.19. The van der Waals surface area contributed by atoms with Crippen LogP contribution in [0.25, 0.3) is 5.82 Å². The van der Waals surface area contributed by atoms with E-state index in [0.29, 0.717) is 30.0 Å². The van der Waals surface area contributed by atoms with E-state index in [-0.39, 0.29) is 0 Å². The van der Waals surface area contributed by atoms with E-state index in [4.69, 9.17) is 16.3 Å². The van der Waals surface area contributed by atoms with Crippen LogP contribution in [0.4, 0.5) is 0 Å². The summed E-state index contributed by atoms with van der Waals surface area (Å²) in [6, 6.07) is 3.57. The minimum atomic E-state index is 0.351. The van der Waals surface area contributed by atoms with E-state index in [1.54, 1.807) is 10.7 Å². The fourth-order valence-electron chi connectivity index (χ4n) is 1.37. The molecule has 0 saturated heterocycles. The predicted octanol–water partition coefficient (Wildman–Crippen LogP) is 2.16. The van der Waals surface area contributed by atoms with Crippen LogP contribution in [0.5, 0.6) is 0 Å². The molecule has 0 aliphatic heterocycles. The van der Waals surface area contributed by atoms with Gasteiger partial charge in [-0.25, -0.2) is 14.6 Å². The Balaban J connectivity index is 2.31. The largest absolute Gasteiger partial charge is 0.374 e. The Morgan fingerprint density at radius 1 is 1.41 bits per heavy atom. The minimum absolute atomic E-state index is 0.351. The predicted molar refractivity (Wildman–Crippen MR) is 64.2 cm³/mol. The quantitative estimate of drug-likeness (QED) is 0.783. The number of hydrogen-bond donors (Lipinski definition) is 0. The van der Waals surface area contributed by atoms with Crippen molar-refractivity contribution < 1.29 is 4.74 Å². The second-order valence-electron chi connectivity index (χ2n) is 3.50. The summed E-state index contributed by atoms with van der Waals surface area (Å²) < 4.78 is 6.92. The van der Waals surface area contributed by atoms with E-state index in [1.807, 2.05) is 26.1 Å². The van der Waals surface area contributed by atoms with Crippen molar-refractivity contribution in [1.29, 1.82) is 0 Å². The maximum Gasteiger partial charge on any atom is 0.158 e. The molecule has 6 heteroatoms. The van der Waals surface area contributed by atoms with Crippen LogP contribution < -0.4 is 0 Å². The standard InChI is InChI=1S/C11H13ClN4O/c1-3-17-7-10-13-9(12)6-11(14-10)16-5-4-8(2)15-16/h4-6H,3,7H2,1-2H3. The number of aryl methyl sites for hydroxylation is 1. The minimum Gasteiger partial charge on any atom is -0.374 e. The van der Waals surface area contributed by atoms with Crippen LogP contribution in [0.2, 0.25) is 5.15 Å². The Labute approximate surface area is 104 Å². The maximum absolute atomic E-state index is 5.94. The van der Waals surface area contributed by atoms with Crippen molar-refractivity contribution in [3.63, 3.8) is 0 Å². The van der Waals surface area contributed by atoms with Gasteiger partial charge in [-0.05, 0) is 19.9 Å². The Kier molecular flexibility index (Phi) is 3.71. The molecule has 17 heavy (non-hydrogen) atoms. The zero-order valence-electron chi connectivity index (χ0n) is 9.72. The molecule has 2 rings (SSSR count). The van der Waals surface area contributed by atoms with Crippen molar-refractivity contribution in [3.8, 4) is 5.82 Å². The first-order valence-corrected chi connectivity index (χ1v) is 5.70. The van der Waals surface area contributed by atoms with Gasteiger partial charge in [0.1, 0.15) is 11.8 Å². The molecule has 2 heterocycles. The fourth-order valence-corrected chi connectivity index (χ4v) is 1.56. The van der Waals surface area contributed by atoms with Crippen molar-refractivity contribution in [3.05, 3.63) is 35.0 Å². The lowest BCUT2D eigenvalue weighted by Gasteiger charge is -2.05. The highest BCUT2D eigenvalue weighted by atomic mass is 35.5. The summed E-state index contributed by atoms with van der Waals surface area (Å²) in [5.41, 5.74) is 0.922. The summed E-state index contributed by atoms with van der Waals surface area (Å²) in [6.45, 7) is 4.80. The van der Waals surface area contributed by atoms with E-state index in [2.05, 4.69) is 15.1 Å². The second kappa shape index (κ2) is 5.25. The van der Waals surface area contributed by atoms with Gasteiger partial charge in [0.05, 0.1) is 5.69 Å². The number of halogens is 1. The molecule has 0 fully saturated rings. The van der Waals surface area contributed by atoms with Crippen molar-refractivity contribution in [2.75, 3.05) is 6.61 Å². The molecule has 2 aromatic rings. The number of rotatable bonds is 4. The van der Waals surface area contributed by atoms with Crippen LogP contribution in [-0.4, -0.2) is 26.4 Å². The highest BCUT2D eigenvalue weighted by Crippen LogP contribution is 2.11. The zero-order chi connectivity index (χ0) is 12.3. The molecule has 90 valence electrons. The van der Waals surface area contributed by atoms with Gasteiger partial charge in [-0.1, -0.05) is 11.6 Å². The third-order valence-electron chi connectivity index (χ3n) is 2.12. The van der Waals surface area contributed by atoms with E-state index in [9.17, 15) is 0 Å². The van der Waals surface area contributed by atoms with Crippen LogP contribution in [0, 0.1) is 6.92 Å². The lowest BCUT2D eigenvalue weighted by atomic mass is 10.5. The monoisotopic (exact) mass is 252 g/mol. The Bertz CT molecular complexity index is 512. The number of aromatic nitrogens is 4. The van der Waals surface area contributed by atoms with Crippen molar-refractivity contribution in [2.45, 2.75) is 20.5 Å². The molecule has 0 N–H and O–H groups in total. The smallest absolute Gasteiger partial charge is 0.158 e. The summed E-state index contributed by atoms with van der Waals surface area (Å²) in [5, 5.41) is 4.66. The molecule has 0 spiro atoms. The molecule has 0 aliphatic carbocycles. The van der Waals surface area contributed by atoms with Crippen LogP contribution in [0.1, 0.15) is 18.4 Å². The van der Waals surface area contributed by atoms with Crippen LogP contribution >= 0.6 is 11.6 Å². The van der Waals surface area contributed by atoms with Gasteiger partial charge in [-0.3, -0.25) is 0 Å². The Morgan fingerprint density at radius 2 is 2.24 bits per heavy atom. The highest BCUT2D eigenvalue weighted by Gasteiger charge is 2.06. The van der Waals surface area contributed by atoms with Gasteiger partial charge in [0.25, 0.3) is 0 Å². The summed E-state index contributed by atoms with van der Waals surface area (Å²) >= 11 is 5.94. The summed E-state index contributed by atoms with van der Waals surface area (Å²) in [6.07, 6.45) is 1.83. The highest BCUT2D eigenvalue weighted by molar-refractivity contribution is 6.29. The van der Waals surface area contributed by atoms with Crippen LogP contribution in [-0.2, 0) is 11.3 Å². The number of nitrogens with zero attached hydrogens (tertiary/aromatic N) is 4. The third kappa shape index (κ3) is 3.01.